The Labute approximate surface area is 120 Å². The molecule has 1 atom stereocenters. The van der Waals surface area contributed by atoms with Crippen LogP contribution in [0.2, 0.25) is 0 Å². The molecule has 0 amide bonds. The Morgan fingerprint density at radius 1 is 1.11 bits per heavy atom. The second kappa shape index (κ2) is 6.80. The first-order valence-corrected chi connectivity index (χ1v) is 6.84. The monoisotopic (exact) mass is 323 g/mol. The number of hydrogen-bond acceptors (Lipinski definition) is 2. The van der Waals surface area contributed by atoms with Gasteiger partial charge in [-0.2, -0.15) is 0 Å². The number of rotatable bonds is 5. The van der Waals surface area contributed by atoms with Gasteiger partial charge in [-0.05, 0) is 33.1 Å². The molecule has 4 heteroatoms. The van der Waals surface area contributed by atoms with Gasteiger partial charge in [-0.3, -0.25) is 0 Å². The molecule has 0 aliphatic heterocycles. The molecule has 2 nitrogen and oxygen atoms in total. The van der Waals surface area contributed by atoms with E-state index in [1.807, 2.05) is 36.4 Å². The van der Waals surface area contributed by atoms with E-state index in [2.05, 4.69) is 21.2 Å². The van der Waals surface area contributed by atoms with Crippen LogP contribution >= 0.6 is 15.9 Å². The number of halogens is 2. The van der Waals surface area contributed by atoms with Crippen LogP contribution < -0.4 is 5.32 Å². The maximum Gasteiger partial charge on any atom is 0.137 e. The predicted octanol–water partition coefficient (Wildman–Crippen LogP) is 3.41. The molecule has 0 aromatic heterocycles. The van der Waals surface area contributed by atoms with Crippen molar-refractivity contribution in [3.05, 3.63) is 69.9 Å². The smallest absolute Gasteiger partial charge is 0.137 e. The van der Waals surface area contributed by atoms with Gasteiger partial charge in [0.05, 0.1) is 10.6 Å². The first kappa shape index (κ1) is 14.2. The first-order valence-electron chi connectivity index (χ1n) is 6.05. The zero-order valence-electron chi connectivity index (χ0n) is 10.3. The summed E-state index contributed by atoms with van der Waals surface area (Å²) in [4.78, 5) is 0. The molecule has 0 spiro atoms. The predicted molar refractivity (Wildman–Crippen MR) is 77.2 cm³/mol. The van der Waals surface area contributed by atoms with Crippen molar-refractivity contribution < 1.29 is 9.50 Å². The van der Waals surface area contributed by atoms with E-state index in [9.17, 15) is 9.50 Å². The molecule has 2 aromatic carbocycles. The van der Waals surface area contributed by atoms with Gasteiger partial charge >= 0.3 is 0 Å². The van der Waals surface area contributed by atoms with Gasteiger partial charge in [0.15, 0.2) is 0 Å². The molecule has 1 unspecified atom stereocenters. The third-order valence-corrected chi connectivity index (χ3v) is 3.76. The number of aliphatic hydroxyl groups excluding tert-OH is 1. The highest BCUT2D eigenvalue weighted by Crippen LogP contribution is 2.20. The molecule has 2 aromatic rings. The van der Waals surface area contributed by atoms with Crippen molar-refractivity contribution >= 4 is 15.9 Å². The van der Waals surface area contributed by atoms with Crippen molar-refractivity contribution in [1.29, 1.82) is 0 Å². The largest absolute Gasteiger partial charge is 0.387 e. The van der Waals surface area contributed by atoms with E-state index in [1.54, 1.807) is 6.07 Å². The molecular weight excluding hydrogens is 309 g/mol. The molecule has 2 rings (SSSR count). The van der Waals surface area contributed by atoms with Gasteiger partial charge in [-0.1, -0.05) is 42.5 Å². The van der Waals surface area contributed by atoms with Crippen LogP contribution in [-0.4, -0.2) is 11.7 Å². The average molecular weight is 324 g/mol. The topological polar surface area (TPSA) is 32.3 Å². The van der Waals surface area contributed by atoms with Crippen LogP contribution in [0.4, 0.5) is 4.39 Å². The molecule has 19 heavy (non-hydrogen) atoms. The molecule has 0 radical (unpaired) electrons. The maximum atomic E-state index is 13.3. The van der Waals surface area contributed by atoms with Crippen LogP contribution in [0.3, 0.4) is 0 Å². The lowest BCUT2D eigenvalue weighted by Crippen LogP contribution is -2.21. The third kappa shape index (κ3) is 3.86. The second-order valence-corrected chi connectivity index (χ2v) is 5.06. The van der Waals surface area contributed by atoms with Gasteiger partial charge in [-0.15, -0.1) is 0 Å². The van der Waals surface area contributed by atoms with E-state index in [-0.39, 0.29) is 5.82 Å². The molecule has 0 bridgehead atoms. The molecule has 0 aliphatic carbocycles. The Balaban J connectivity index is 1.88. The highest BCUT2D eigenvalue weighted by Gasteiger charge is 2.08. The SMILES string of the molecule is OC(CNCc1cccc(F)c1Br)c1ccccc1. The van der Waals surface area contributed by atoms with Crippen LogP contribution in [0, 0.1) is 5.82 Å². The molecule has 0 saturated heterocycles. The van der Waals surface area contributed by atoms with Crippen LogP contribution in [0.5, 0.6) is 0 Å². The molecule has 100 valence electrons. The van der Waals surface area contributed by atoms with E-state index >= 15 is 0 Å². The van der Waals surface area contributed by atoms with E-state index in [4.69, 9.17) is 0 Å². The summed E-state index contributed by atoms with van der Waals surface area (Å²) in [5.41, 5.74) is 1.70. The summed E-state index contributed by atoms with van der Waals surface area (Å²) in [6, 6.07) is 14.4. The minimum absolute atomic E-state index is 0.275. The van der Waals surface area contributed by atoms with Crippen LogP contribution in [0.15, 0.2) is 53.0 Å². The number of aliphatic hydroxyl groups is 1. The zero-order valence-corrected chi connectivity index (χ0v) is 11.9. The number of hydrogen-bond donors (Lipinski definition) is 2. The Morgan fingerprint density at radius 2 is 1.84 bits per heavy atom. The zero-order chi connectivity index (χ0) is 13.7. The van der Waals surface area contributed by atoms with Gasteiger partial charge in [-0.25, -0.2) is 4.39 Å². The standard InChI is InChI=1S/C15H15BrFNO/c16-15-12(7-4-8-13(15)17)9-18-10-14(19)11-5-2-1-3-6-11/h1-8,14,18-19H,9-10H2. The minimum atomic E-state index is -0.562. The van der Waals surface area contributed by atoms with Crippen molar-refractivity contribution in [3.8, 4) is 0 Å². The van der Waals surface area contributed by atoms with E-state index in [0.717, 1.165) is 11.1 Å². The fourth-order valence-electron chi connectivity index (χ4n) is 1.82. The van der Waals surface area contributed by atoms with Crippen molar-refractivity contribution in [2.75, 3.05) is 6.54 Å². The Bertz CT molecular complexity index is 533. The second-order valence-electron chi connectivity index (χ2n) is 4.27. The molecule has 0 fully saturated rings. The van der Waals surface area contributed by atoms with Crippen molar-refractivity contribution in [2.24, 2.45) is 0 Å². The quantitative estimate of drug-likeness (QED) is 0.883. The van der Waals surface area contributed by atoms with E-state index < -0.39 is 6.10 Å². The Kier molecular flexibility index (Phi) is 5.07. The van der Waals surface area contributed by atoms with Gasteiger partial charge in [0, 0.05) is 13.1 Å². The highest BCUT2D eigenvalue weighted by molar-refractivity contribution is 9.10. The van der Waals surface area contributed by atoms with Gasteiger partial charge < -0.3 is 10.4 Å². The van der Waals surface area contributed by atoms with Crippen LogP contribution in [0.25, 0.3) is 0 Å². The summed E-state index contributed by atoms with van der Waals surface area (Å²) < 4.78 is 13.8. The molecule has 2 N–H and O–H groups in total. The summed E-state index contributed by atoms with van der Waals surface area (Å²) in [5, 5.41) is 13.1. The lowest BCUT2D eigenvalue weighted by molar-refractivity contribution is 0.174. The van der Waals surface area contributed by atoms with Crippen molar-refractivity contribution in [2.45, 2.75) is 12.6 Å². The molecule has 0 heterocycles. The fourth-order valence-corrected chi connectivity index (χ4v) is 2.23. The van der Waals surface area contributed by atoms with Gasteiger partial charge in [0.25, 0.3) is 0 Å². The Morgan fingerprint density at radius 3 is 2.58 bits per heavy atom. The summed E-state index contributed by atoms with van der Waals surface area (Å²) in [7, 11) is 0. The molecule has 0 saturated carbocycles. The normalized spacial score (nSPS) is 12.4. The fraction of sp³-hybridized carbons (Fsp3) is 0.200. The number of benzene rings is 2. The van der Waals surface area contributed by atoms with E-state index in [1.165, 1.54) is 6.07 Å². The van der Waals surface area contributed by atoms with Crippen LogP contribution in [-0.2, 0) is 6.54 Å². The summed E-state index contributed by atoms with van der Waals surface area (Å²) >= 11 is 3.21. The lowest BCUT2D eigenvalue weighted by Gasteiger charge is -2.13. The number of nitrogens with one attached hydrogen (secondary N) is 1. The average Bonchev–Trinajstić information content (AvgIpc) is 2.44. The Hall–Kier alpha value is -1.23. The van der Waals surface area contributed by atoms with Crippen LogP contribution in [0.1, 0.15) is 17.2 Å². The minimum Gasteiger partial charge on any atom is -0.387 e. The van der Waals surface area contributed by atoms with E-state index in [0.29, 0.717) is 17.6 Å². The lowest BCUT2D eigenvalue weighted by atomic mass is 10.1. The maximum absolute atomic E-state index is 13.3. The van der Waals surface area contributed by atoms with Crippen molar-refractivity contribution in [3.63, 3.8) is 0 Å². The van der Waals surface area contributed by atoms with Gasteiger partial charge in [0.2, 0.25) is 0 Å². The first-order chi connectivity index (χ1) is 9.18. The van der Waals surface area contributed by atoms with Crippen molar-refractivity contribution in [1.82, 2.24) is 5.32 Å². The summed E-state index contributed by atoms with van der Waals surface area (Å²) in [6.07, 6.45) is -0.562. The summed E-state index contributed by atoms with van der Waals surface area (Å²) in [5.74, 6) is -0.275. The third-order valence-electron chi connectivity index (χ3n) is 2.87. The summed E-state index contributed by atoms with van der Waals surface area (Å²) in [6.45, 7) is 0.926. The molecular formula is C15H15BrFNO. The molecule has 0 aliphatic rings. The van der Waals surface area contributed by atoms with Gasteiger partial charge in [0.1, 0.15) is 5.82 Å². The highest BCUT2D eigenvalue weighted by atomic mass is 79.9.